The second kappa shape index (κ2) is 10.4. The molecule has 2 aromatic rings. The number of quaternary nitrogens is 1. The number of amides is 2. The minimum atomic E-state index is -0.387. The van der Waals surface area contributed by atoms with Gasteiger partial charge in [-0.25, -0.2) is 4.79 Å². The van der Waals surface area contributed by atoms with Crippen LogP contribution in [0.25, 0.3) is 0 Å². The Bertz CT molecular complexity index is 946. The van der Waals surface area contributed by atoms with Crippen LogP contribution in [0, 0.1) is 0 Å². The molecule has 10 nitrogen and oxygen atoms in total. The molecular formula is C19H27N9O+2. The Morgan fingerprint density at radius 2 is 1.59 bits per heavy atom. The van der Waals surface area contributed by atoms with Gasteiger partial charge in [0.1, 0.15) is 13.1 Å². The molecule has 0 saturated heterocycles. The first-order valence-electron chi connectivity index (χ1n) is 8.96. The summed E-state index contributed by atoms with van der Waals surface area (Å²) in [6.45, 7) is 3.16. The van der Waals surface area contributed by atoms with Gasteiger partial charge >= 0.3 is 6.03 Å². The molecule has 0 spiro atoms. The summed E-state index contributed by atoms with van der Waals surface area (Å²) < 4.78 is 0. The van der Waals surface area contributed by atoms with Gasteiger partial charge < -0.3 is 27.8 Å². The molecule has 0 aliphatic carbocycles. The lowest BCUT2D eigenvalue weighted by atomic mass is 10.1. The van der Waals surface area contributed by atoms with E-state index in [2.05, 4.69) is 31.6 Å². The van der Waals surface area contributed by atoms with E-state index in [9.17, 15) is 4.79 Å². The van der Waals surface area contributed by atoms with Gasteiger partial charge in [0.15, 0.2) is 0 Å². The number of anilines is 2. The van der Waals surface area contributed by atoms with Crippen LogP contribution >= 0.6 is 0 Å². The number of urea groups is 1. The second-order valence-electron chi connectivity index (χ2n) is 6.15. The second-order valence-corrected chi connectivity index (χ2v) is 6.15. The third-order valence-corrected chi connectivity index (χ3v) is 3.78. The number of nitrogens with one attached hydrogen (secondary N) is 3. The first kappa shape index (κ1) is 21.4. The monoisotopic (exact) mass is 397 g/mol. The fraction of sp³-hybridized carbons (Fsp3) is 0.158. The summed E-state index contributed by atoms with van der Waals surface area (Å²) in [5.41, 5.74) is 23.7. The van der Waals surface area contributed by atoms with Gasteiger partial charge in [-0.2, -0.15) is 5.10 Å². The number of rotatable bonds is 7. The van der Waals surface area contributed by atoms with Gasteiger partial charge in [-0.1, -0.05) is 18.2 Å². The van der Waals surface area contributed by atoms with Crippen molar-refractivity contribution in [3.63, 3.8) is 0 Å². The predicted octanol–water partition coefficient (Wildman–Crippen LogP) is -1.64. The normalized spacial score (nSPS) is 11.7. The van der Waals surface area contributed by atoms with Crippen molar-refractivity contribution in [2.75, 3.05) is 23.7 Å². The minimum Gasteiger partial charge on any atom is -0.369 e. The van der Waals surface area contributed by atoms with Crippen LogP contribution in [0.4, 0.5) is 16.2 Å². The van der Waals surface area contributed by atoms with Crippen molar-refractivity contribution < 1.29 is 15.5 Å². The lowest BCUT2D eigenvalue weighted by Crippen LogP contribution is -2.80. The number of nitrogens with two attached hydrogens (primary N) is 3. The van der Waals surface area contributed by atoms with E-state index in [1.54, 1.807) is 37.3 Å². The van der Waals surface area contributed by atoms with Crippen molar-refractivity contribution >= 4 is 34.9 Å². The number of hydrogen-bond acceptors (Lipinski definition) is 3. The lowest BCUT2D eigenvalue weighted by Gasteiger charge is -2.09. The summed E-state index contributed by atoms with van der Waals surface area (Å²) >= 11 is 0. The Labute approximate surface area is 168 Å². The molecule has 0 unspecified atom stereocenters. The third kappa shape index (κ3) is 6.96. The average molecular weight is 397 g/mol. The zero-order chi connectivity index (χ0) is 21.2. The summed E-state index contributed by atoms with van der Waals surface area (Å²) in [5, 5.41) is 13.1. The summed E-state index contributed by atoms with van der Waals surface area (Å²) in [4.78, 5) is 15.4. The molecule has 0 heterocycles. The van der Waals surface area contributed by atoms with Gasteiger partial charge in [-0.15, -0.1) is 5.10 Å². The van der Waals surface area contributed by atoms with Gasteiger partial charge in [-0.3, -0.25) is 10.7 Å². The van der Waals surface area contributed by atoms with E-state index in [-0.39, 0.29) is 12.0 Å². The highest BCUT2D eigenvalue weighted by Crippen LogP contribution is 2.14. The highest BCUT2D eigenvalue weighted by Gasteiger charge is 2.08. The number of carbonyl (C=O) groups is 1. The molecule has 0 fully saturated rings. The van der Waals surface area contributed by atoms with Crippen molar-refractivity contribution in [1.82, 2.24) is 0 Å². The summed E-state index contributed by atoms with van der Waals surface area (Å²) in [5.74, 6) is 0.403. The summed E-state index contributed by atoms with van der Waals surface area (Å²) in [7, 11) is 0. The molecule has 0 aliphatic rings. The van der Waals surface area contributed by atoms with E-state index in [1.807, 2.05) is 18.2 Å². The Hall–Kier alpha value is -3.92. The molecular weight excluding hydrogens is 370 g/mol. The highest BCUT2D eigenvalue weighted by atomic mass is 16.2. The third-order valence-electron chi connectivity index (χ3n) is 3.78. The van der Waals surface area contributed by atoms with E-state index in [0.29, 0.717) is 29.5 Å². The fourth-order valence-corrected chi connectivity index (χ4v) is 2.40. The van der Waals surface area contributed by atoms with E-state index in [1.165, 1.54) is 0 Å². The van der Waals surface area contributed by atoms with Gasteiger partial charge in [-0.05, 0) is 42.8 Å². The summed E-state index contributed by atoms with van der Waals surface area (Å²) in [6.07, 6.45) is 0. The molecule has 2 aromatic carbocycles. The van der Waals surface area contributed by atoms with Gasteiger partial charge in [0.25, 0.3) is 5.84 Å². The molecule has 29 heavy (non-hydrogen) atoms. The SMILES string of the molecule is C/C(=N\N=C(N)N)c1cccc(NC(=O)Nc2cccc(C(N)=[NH+]CC[NH3+])c2)c1. The van der Waals surface area contributed by atoms with Crippen LogP contribution in [-0.2, 0) is 0 Å². The molecule has 2 rings (SSSR count). The minimum absolute atomic E-state index is 0.125. The molecule has 152 valence electrons. The number of guanidine groups is 1. The van der Waals surface area contributed by atoms with Gasteiger partial charge in [0.05, 0.1) is 11.3 Å². The summed E-state index contributed by atoms with van der Waals surface area (Å²) in [6, 6.07) is 14.0. The van der Waals surface area contributed by atoms with Crippen LogP contribution in [-0.4, -0.2) is 36.6 Å². The van der Waals surface area contributed by atoms with Crippen LogP contribution in [0.3, 0.4) is 0 Å². The number of amidine groups is 1. The Kier molecular flexibility index (Phi) is 7.68. The maximum atomic E-state index is 12.4. The topological polar surface area (TPSA) is 186 Å². The smallest absolute Gasteiger partial charge is 0.323 e. The van der Waals surface area contributed by atoms with Crippen LogP contribution in [0.5, 0.6) is 0 Å². The zero-order valence-corrected chi connectivity index (χ0v) is 16.3. The first-order valence-corrected chi connectivity index (χ1v) is 8.96. The molecule has 0 radical (unpaired) electrons. The predicted molar refractivity (Wildman–Crippen MR) is 115 cm³/mol. The Morgan fingerprint density at radius 1 is 1.00 bits per heavy atom. The maximum absolute atomic E-state index is 12.4. The van der Waals surface area contributed by atoms with Crippen LogP contribution in [0.1, 0.15) is 18.1 Å². The first-order chi connectivity index (χ1) is 13.9. The van der Waals surface area contributed by atoms with Crippen molar-refractivity contribution in [2.45, 2.75) is 6.92 Å². The van der Waals surface area contributed by atoms with Crippen LogP contribution in [0.15, 0.2) is 58.7 Å². The largest absolute Gasteiger partial charge is 0.369 e. The highest BCUT2D eigenvalue weighted by molar-refractivity contribution is 6.03. The van der Waals surface area contributed by atoms with E-state index in [0.717, 1.165) is 17.7 Å². The van der Waals surface area contributed by atoms with Crippen molar-refractivity contribution in [3.8, 4) is 0 Å². The van der Waals surface area contributed by atoms with Crippen molar-refractivity contribution in [2.24, 2.45) is 27.4 Å². The molecule has 0 atom stereocenters. The number of nitrogen functional groups attached to an aromatic ring is 1. The molecule has 10 heteroatoms. The number of hydrogen-bond donors (Lipinski definition) is 7. The zero-order valence-electron chi connectivity index (χ0n) is 16.3. The number of nitrogens with zero attached hydrogens (tertiary/aromatic N) is 2. The molecule has 0 aliphatic heterocycles. The Morgan fingerprint density at radius 3 is 2.17 bits per heavy atom. The number of benzene rings is 2. The van der Waals surface area contributed by atoms with E-state index >= 15 is 0 Å². The van der Waals surface area contributed by atoms with E-state index < -0.39 is 0 Å². The molecule has 0 saturated carbocycles. The average Bonchev–Trinajstić information content (AvgIpc) is 2.70. The lowest BCUT2D eigenvalue weighted by molar-refractivity contribution is -0.506. The molecule has 0 bridgehead atoms. The molecule has 0 aromatic heterocycles. The Balaban J connectivity index is 2.07. The van der Waals surface area contributed by atoms with Crippen molar-refractivity contribution in [3.05, 3.63) is 59.7 Å². The van der Waals surface area contributed by atoms with E-state index in [4.69, 9.17) is 17.2 Å². The van der Waals surface area contributed by atoms with Gasteiger partial charge in [0, 0.05) is 11.4 Å². The standard InChI is InChI=1S/C19H25N9O/c1-12(27-28-18(22)23)13-4-2-6-15(10-13)25-19(29)26-16-7-3-5-14(11-16)17(21)24-9-8-20/h2-7,10-11H,8-9,20H2,1H3,(H2,21,24)(H4,22,23,28)(H2,25,26,29)/p+2/b27-12+. The fourth-order valence-electron chi connectivity index (χ4n) is 2.40. The van der Waals surface area contributed by atoms with Gasteiger partial charge in [0.2, 0.25) is 5.96 Å². The quantitative estimate of drug-likeness (QED) is 0.168. The van der Waals surface area contributed by atoms with Crippen LogP contribution < -0.4 is 38.6 Å². The molecule has 2 amide bonds. The van der Waals surface area contributed by atoms with Crippen molar-refractivity contribution in [1.29, 1.82) is 0 Å². The van der Waals surface area contributed by atoms with Crippen LogP contribution in [0.2, 0.25) is 0 Å². The maximum Gasteiger partial charge on any atom is 0.323 e. The number of carbonyl (C=O) groups excluding carboxylic acids is 1. The molecule has 12 N–H and O–H groups in total.